The molecule has 0 fully saturated rings. The molecule has 0 bridgehead atoms. The van der Waals surface area contributed by atoms with Gasteiger partial charge in [-0.25, -0.2) is 0 Å². The number of benzene rings is 2. The van der Waals surface area contributed by atoms with E-state index >= 15 is 0 Å². The van der Waals surface area contributed by atoms with E-state index < -0.39 is 0 Å². The van der Waals surface area contributed by atoms with Crippen LogP contribution in [0, 0.1) is 0 Å². The lowest BCUT2D eigenvalue weighted by Gasteiger charge is -2.09. The van der Waals surface area contributed by atoms with E-state index in [-0.39, 0.29) is 5.75 Å². The lowest BCUT2D eigenvalue weighted by Crippen LogP contribution is -1.92. The molecule has 0 saturated carbocycles. The minimum atomic E-state index is 0.0878. The lowest BCUT2D eigenvalue weighted by atomic mass is 10.1. The standard InChI is InChI=1S/C18H18N2O4/c1-3-23-14-8-9-15(16(21)10-14)18-17(11-19-20-18)24-13-6-4-12(22-2)5-7-13/h4-11,21H,3H2,1-2H3,(H,19,20). The summed E-state index contributed by atoms with van der Waals surface area (Å²) in [6, 6.07) is 12.3. The second-order valence-electron chi connectivity index (χ2n) is 5.00. The van der Waals surface area contributed by atoms with Gasteiger partial charge >= 0.3 is 0 Å². The van der Waals surface area contributed by atoms with E-state index in [2.05, 4.69) is 10.2 Å². The third kappa shape index (κ3) is 3.27. The van der Waals surface area contributed by atoms with E-state index in [9.17, 15) is 5.11 Å². The molecule has 0 amide bonds. The van der Waals surface area contributed by atoms with Crippen molar-refractivity contribution >= 4 is 0 Å². The fourth-order valence-electron chi connectivity index (χ4n) is 2.30. The molecule has 0 radical (unpaired) electrons. The highest BCUT2D eigenvalue weighted by molar-refractivity contribution is 5.73. The zero-order chi connectivity index (χ0) is 16.9. The number of H-pyrrole nitrogens is 1. The molecule has 0 unspecified atom stereocenters. The largest absolute Gasteiger partial charge is 0.507 e. The zero-order valence-electron chi connectivity index (χ0n) is 13.4. The summed E-state index contributed by atoms with van der Waals surface area (Å²) >= 11 is 0. The quantitative estimate of drug-likeness (QED) is 0.716. The first-order valence-corrected chi connectivity index (χ1v) is 7.52. The number of aromatic hydroxyl groups is 1. The topological polar surface area (TPSA) is 76.6 Å². The molecule has 0 saturated heterocycles. The Morgan fingerprint density at radius 1 is 1.04 bits per heavy atom. The fraction of sp³-hybridized carbons (Fsp3) is 0.167. The third-order valence-corrected chi connectivity index (χ3v) is 3.44. The zero-order valence-corrected chi connectivity index (χ0v) is 13.4. The molecular formula is C18H18N2O4. The molecule has 3 rings (SSSR count). The number of ether oxygens (including phenoxy) is 3. The second kappa shape index (κ2) is 6.95. The molecule has 24 heavy (non-hydrogen) atoms. The lowest BCUT2D eigenvalue weighted by molar-refractivity contribution is 0.338. The Bertz CT molecular complexity index is 812. The molecule has 2 N–H and O–H groups in total. The number of phenols is 1. The number of methoxy groups -OCH3 is 1. The van der Waals surface area contributed by atoms with Gasteiger partial charge in [0.05, 0.1) is 19.9 Å². The first-order valence-electron chi connectivity index (χ1n) is 7.52. The van der Waals surface area contributed by atoms with Crippen LogP contribution in [-0.2, 0) is 0 Å². The van der Waals surface area contributed by atoms with E-state index in [1.807, 2.05) is 19.1 Å². The highest BCUT2D eigenvalue weighted by Gasteiger charge is 2.14. The van der Waals surface area contributed by atoms with Gasteiger partial charge in [-0.3, -0.25) is 5.10 Å². The van der Waals surface area contributed by atoms with Crippen LogP contribution in [0.25, 0.3) is 11.3 Å². The van der Waals surface area contributed by atoms with Crippen molar-refractivity contribution in [3.63, 3.8) is 0 Å². The van der Waals surface area contributed by atoms with Crippen molar-refractivity contribution in [2.24, 2.45) is 0 Å². The number of phenolic OH excluding ortho intramolecular Hbond substituents is 1. The number of aromatic nitrogens is 2. The Labute approximate surface area is 139 Å². The monoisotopic (exact) mass is 326 g/mol. The highest BCUT2D eigenvalue weighted by atomic mass is 16.5. The van der Waals surface area contributed by atoms with Crippen LogP contribution in [0.15, 0.2) is 48.7 Å². The van der Waals surface area contributed by atoms with Gasteiger partial charge in [-0.15, -0.1) is 0 Å². The van der Waals surface area contributed by atoms with Crippen LogP contribution in [0.1, 0.15) is 6.92 Å². The number of aromatic amines is 1. The molecule has 3 aromatic rings. The van der Waals surface area contributed by atoms with Crippen molar-refractivity contribution in [3.05, 3.63) is 48.7 Å². The Hall–Kier alpha value is -3.15. The number of nitrogens with zero attached hydrogens (tertiary/aromatic N) is 1. The minimum absolute atomic E-state index is 0.0878. The Balaban J connectivity index is 1.87. The summed E-state index contributed by atoms with van der Waals surface area (Å²) in [7, 11) is 1.61. The Morgan fingerprint density at radius 2 is 1.75 bits per heavy atom. The molecule has 1 aromatic heterocycles. The maximum atomic E-state index is 10.2. The van der Waals surface area contributed by atoms with Crippen LogP contribution in [-0.4, -0.2) is 29.0 Å². The van der Waals surface area contributed by atoms with Crippen molar-refractivity contribution < 1.29 is 19.3 Å². The summed E-state index contributed by atoms with van der Waals surface area (Å²) in [6.07, 6.45) is 1.56. The molecule has 124 valence electrons. The van der Waals surface area contributed by atoms with Crippen LogP contribution in [0.4, 0.5) is 0 Å². The van der Waals surface area contributed by atoms with Crippen molar-refractivity contribution in [3.8, 4) is 40.0 Å². The first kappa shape index (κ1) is 15.7. The minimum Gasteiger partial charge on any atom is -0.507 e. The van der Waals surface area contributed by atoms with E-state index in [4.69, 9.17) is 14.2 Å². The van der Waals surface area contributed by atoms with Gasteiger partial charge in [-0.05, 0) is 43.3 Å². The molecule has 6 nitrogen and oxygen atoms in total. The van der Waals surface area contributed by atoms with E-state index in [1.165, 1.54) is 0 Å². The van der Waals surface area contributed by atoms with E-state index in [0.29, 0.717) is 35.1 Å². The normalized spacial score (nSPS) is 10.4. The van der Waals surface area contributed by atoms with Gasteiger partial charge in [0.1, 0.15) is 28.7 Å². The summed E-state index contributed by atoms with van der Waals surface area (Å²) in [5.74, 6) is 2.60. The van der Waals surface area contributed by atoms with Crippen molar-refractivity contribution in [2.45, 2.75) is 6.92 Å². The molecule has 0 aliphatic rings. The summed E-state index contributed by atoms with van der Waals surface area (Å²) in [5.41, 5.74) is 1.17. The van der Waals surface area contributed by atoms with Crippen LogP contribution in [0.5, 0.6) is 28.7 Å². The smallest absolute Gasteiger partial charge is 0.173 e. The number of nitrogens with one attached hydrogen (secondary N) is 1. The van der Waals surface area contributed by atoms with Crippen molar-refractivity contribution in [2.75, 3.05) is 13.7 Å². The van der Waals surface area contributed by atoms with Crippen molar-refractivity contribution in [1.82, 2.24) is 10.2 Å². The third-order valence-electron chi connectivity index (χ3n) is 3.44. The average molecular weight is 326 g/mol. The van der Waals surface area contributed by atoms with Crippen LogP contribution in [0.2, 0.25) is 0 Å². The van der Waals surface area contributed by atoms with Crippen LogP contribution >= 0.6 is 0 Å². The number of hydrogen-bond donors (Lipinski definition) is 2. The van der Waals surface area contributed by atoms with Gasteiger partial charge in [-0.2, -0.15) is 5.10 Å². The SMILES string of the molecule is CCOc1ccc(-c2[nH]ncc2Oc2ccc(OC)cc2)c(O)c1. The van der Waals surface area contributed by atoms with Crippen LogP contribution in [0.3, 0.4) is 0 Å². The fourth-order valence-corrected chi connectivity index (χ4v) is 2.30. The van der Waals surface area contributed by atoms with Gasteiger partial charge in [0, 0.05) is 11.6 Å². The van der Waals surface area contributed by atoms with Gasteiger partial charge in [-0.1, -0.05) is 0 Å². The molecule has 0 aliphatic heterocycles. The Kier molecular flexibility index (Phi) is 4.56. The first-order chi connectivity index (χ1) is 11.7. The molecule has 1 heterocycles. The predicted molar refractivity (Wildman–Crippen MR) is 89.9 cm³/mol. The highest BCUT2D eigenvalue weighted by Crippen LogP contribution is 2.38. The van der Waals surface area contributed by atoms with E-state index in [1.54, 1.807) is 43.6 Å². The maximum Gasteiger partial charge on any atom is 0.173 e. The maximum absolute atomic E-state index is 10.2. The molecular weight excluding hydrogens is 308 g/mol. The average Bonchev–Trinajstić information content (AvgIpc) is 3.04. The van der Waals surface area contributed by atoms with Gasteiger partial charge in [0.15, 0.2) is 5.75 Å². The van der Waals surface area contributed by atoms with E-state index in [0.717, 1.165) is 5.75 Å². The molecule has 6 heteroatoms. The molecule has 0 aliphatic carbocycles. The number of hydrogen-bond acceptors (Lipinski definition) is 5. The predicted octanol–water partition coefficient (Wildman–Crippen LogP) is 3.98. The number of rotatable bonds is 6. The molecule has 0 atom stereocenters. The van der Waals surface area contributed by atoms with Gasteiger partial charge in [0.25, 0.3) is 0 Å². The summed E-state index contributed by atoms with van der Waals surface area (Å²) < 4.78 is 16.3. The Morgan fingerprint density at radius 3 is 2.42 bits per heavy atom. The molecule has 2 aromatic carbocycles. The summed E-state index contributed by atoms with van der Waals surface area (Å²) in [4.78, 5) is 0. The second-order valence-corrected chi connectivity index (χ2v) is 5.00. The summed E-state index contributed by atoms with van der Waals surface area (Å²) in [5, 5.41) is 17.1. The summed E-state index contributed by atoms with van der Waals surface area (Å²) in [6.45, 7) is 2.43. The van der Waals surface area contributed by atoms with Crippen LogP contribution < -0.4 is 14.2 Å². The molecule has 0 spiro atoms. The van der Waals surface area contributed by atoms with Gasteiger partial charge in [0.2, 0.25) is 0 Å². The van der Waals surface area contributed by atoms with Gasteiger partial charge < -0.3 is 19.3 Å². The van der Waals surface area contributed by atoms with Crippen molar-refractivity contribution in [1.29, 1.82) is 0 Å².